The van der Waals surface area contributed by atoms with Gasteiger partial charge in [-0.25, -0.2) is 0 Å². The Labute approximate surface area is 132 Å². The number of benzene rings is 1. The topological polar surface area (TPSA) is 61.5 Å². The van der Waals surface area contributed by atoms with Crippen LogP contribution in [0.4, 0.5) is 0 Å². The second kappa shape index (κ2) is 6.76. The lowest BCUT2D eigenvalue weighted by Crippen LogP contribution is -1.98. The van der Waals surface area contributed by atoms with Gasteiger partial charge in [0.15, 0.2) is 5.65 Å². The van der Waals surface area contributed by atoms with E-state index in [2.05, 4.69) is 15.3 Å². The van der Waals surface area contributed by atoms with Crippen molar-refractivity contribution >= 4 is 17.4 Å². The average Bonchev–Trinajstić information content (AvgIpc) is 2.98. The molecule has 0 N–H and O–H groups in total. The normalized spacial score (nSPS) is 11.0. The third kappa shape index (κ3) is 3.05. The van der Waals surface area contributed by atoms with Crippen LogP contribution in [0.3, 0.4) is 0 Å². The van der Waals surface area contributed by atoms with Crippen LogP contribution in [0.5, 0.6) is 5.75 Å². The molecule has 0 bridgehead atoms. The SMILES string of the molecule is COCCSc1nnc2ccc(-c3ccc(OC)cc3)nn12. The molecule has 1 aromatic carbocycles. The Kier molecular flexibility index (Phi) is 4.55. The Morgan fingerprint density at radius 2 is 1.86 bits per heavy atom. The van der Waals surface area contributed by atoms with Crippen molar-refractivity contribution in [1.82, 2.24) is 19.8 Å². The Hall–Kier alpha value is -2.12. The molecule has 0 spiro atoms. The molecule has 0 aliphatic heterocycles. The first-order chi connectivity index (χ1) is 10.8. The van der Waals surface area contributed by atoms with Gasteiger partial charge in [0.2, 0.25) is 5.16 Å². The zero-order valence-corrected chi connectivity index (χ0v) is 13.2. The number of hydrogen-bond acceptors (Lipinski definition) is 6. The Morgan fingerprint density at radius 3 is 2.59 bits per heavy atom. The molecule has 6 nitrogen and oxygen atoms in total. The summed E-state index contributed by atoms with van der Waals surface area (Å²) in [5, 5.41) is 13.7. The van der Waals surface area contributed by atoms with Gasteiger partial charge in [-0.2, -0.15) is 9.61 Å². The van der Waals surface area contributed by atoms with E-state index in [0.29, 0.717) is 6.61 Å². The molecule has 0 aliphatic carbocycles. The van der Waals surface area contributed by atoms with Crippen LogP contribution in [0, 0.1) is 0 Å². The molecule has 7 heteroatoms. The van der Waals surface area contributed by atoms with Crippen LogP contribution in [0.2, 0.25) is 0 Å². The van der Waals surface area contributed by atoms with E-state index >= 15 is 0 Å². The van der Waals surface area contributed by atoms with Crippen molar-refractivity contribution in [3.8, 4) is 17.0 Å². The van der Waals surface area contributed by atoms with Gasteiger partial charge < -0.3 is 9.47 Å². The Bertz CT molecular complexity index is 758. The molecule has 3 aromatic rings. The van der Waals surface area contributed by atoms with Crippen LogP contribution in [-0.4, -0.2) is 46.4 Å². The van der Waals surface area contributed by atoms with Gasteiger partial charge in [-0.05, 0) is 36.4 Å². The molecule has 0 fully saturated rings. The van der Waals surface area contributed by atoms with Crippen molar-refractivity contribution in [1.29, 1.82) is 0 Å². The number of hydrogen-bond donors (Lipinski definition) is 0. The van der Waals surface area contributed by atoms with Gasteiger partial charge in [0.1, 0.15) is 5.75 Å². The van der Waals surface area contributed by atoms with Crippen LogP contribution in [0.25, 0.3) is 16.9 Å². The summed E-state index contributed by atoms with van der Waals surface area (Å²) in [6.07, 6.45) is 0. The zero-order chi connectivity index (χ0) is 15.4. The highest BCUT2D eigenvalue weighted by atomic mass is 32.2. The van der Waals surface area contributed by atoms with Gasteiger partial charge in [-0.3, -0.25) is 0 Å². The molecule has 0 aliphatic rings. The number of aromatic nitrogens is 4. The molecule has 2 heterocycles. The number of nitrogens with zero attached hydrogens (tertiary/aromatic N) is 4. The minimum Gasteiger partial charge on any atom is -0.497 e. The highest BCUT2D eigenvalue weighted by molar-refractivity contribution is 7.99. The number of fused-ring (bicyclic) bond motifs is 1. The molecule has 0 unspecified atom stereocenters. The Balaban J connectivity index is 1.91. The van der Waals surface area contributed by atoms with Crippen LogP contribution in [-0.2, 0) is 4.74 Å². The third-order valence-electron chi connectivity index (χ3n) is 3.14. The lowest BCUT2D eigenvalue weighted by molar-refractivity contribution is 0.218. The minimum absolute atomic E-state index is 0.664. The molecule has 3 rings (SSSR count). The Morgan fingerprint density at radius 1 is 1.05 bits per heavy atom. The quantitative estimate of drug-likeness (QED) is 0.514. The van der Waals surface area contributed by atoms with Crippen LogP contribution < -0.4 is 4.74 Å². The van der Waals surface area contributed by atoms with Crippen molar-refractivity contribution in [2.45, 2.75) is 5.16 Å². The van der Waals surface area contributed by atoms with E-state index in [1.54, 1.807) is 30.5 Å². The van der Waals surface area contributed by atoms with Gasteiger partial charge in [0.05, 0.1) is 19.4 Å². The second-order valence-corrected chi connectivity index (χ2v) is 5.60. The van der Waals surface area contributed by atoms with Gasteiger partial charge >= 0.3 is 0 Å². The number of rotatable bonds is 6. The standard InChI is InChI=1S/C15H16N4O2S/c1-20-9-10-22-15-17-16-14-8-7-13(18-19(14)15)11-3-5-12(21-2)6-4-11/h3-8H,9-10H2,1-2H3. The van der Waals surface area contributed by atoms with E-state index < -0.39 is 0 Å². The zero-order valence-electron chi connectivity index (χ0n) is 12.4. The lowest BCUT2D eigenvalue weighted by Gasteiger charge is -2.04. The first-order valence-electron chi connectivity index (χ1n) is 6.80. The fourth-order valence-electron chi connectivity index (χ4n) is 1.99. The van der Waals surface area contributed by atoms with Crippen molar-refractivity contribution in [2.75, 3.05) is 26.6 Å². The van der Waals surface area contributed by atoms with E-state index in [1.165, 1.54) is 0 Å². The molecule has 2 aromatic heterocycles. The highest BCUT2D eigenvalue weighted by Crippen LogP contribution is 2.22. The summed E-state index contributed by atoms with van der Waals surface area (Å²) in [6.45, 7) is 0.664. The van der Waals surface area contributed by atoms with E-state index in [9.17, 15) is 0 Å². The molecule has 0 atom stereocenters. The smallest absolute Gasteiger partial charge is 0.212 e. The maximum atomic E-state index is 5.18. The first kappa shape index (κ1) is 14.8. The summed E-state index contributed by atoms with van der Waals surface area (Å²) in [6, 6.07) is 11.7. The first-order valence-corrected chi connectivity index (χ1v) is 7.79. The summed E-state index contributed by atoms with van der Waals surface area (Å²) in [5.41, 5.74) is 2.62. The van der Waals surface area contributed by atoms with E-state index in [0.717, 1.165) is 33.6 Å². The van der Waals surface area contributed by atoms with E-state index in [1.807, 2.05) is 36.4 Å². The van der Waals surface area contributed by atoms with E-state index in [-0.39, 0.29) is 0 Å². The monoisotopic (exact) mass is 316 g/mol. The van der Waals surface area contributed by atoms with Crippen LogP contribution >= 0.6 is 11.8 Å². The third-order valence-corrected chi connectivity index (χ3v) is 4.02. The molecule has 0 amide bonds. The van der Waals surface area contributed by atoms with Gasteiger partial charge in [0, 0.05) is 18.4 Å². The van der Waals surface area contributed by atoms with E-state index in [4.69, 9.17) is 9.47 Å². The summed E-state index contributed by atoms with van der Waals surface area (Å²) in [4.78, 5) is 0. The average molecular weight is 316 g/mol. The maximum Gasteiger partial charge on any atom is 0.212 e. The predicted molar refractivity (Wildman–Crippen MR) is 85.4 cm³/mol. The molecule has 0 radical (unpaired) electrons. The highest BCUT2D eigenvalue weighted by Gasteiger charge is 2.09. The molecule has 0 saturated heterocycles. The van der Waals surface area contributed by atoms with Gasteiger partial charge in [0.25, 0.3) is 0 Å². The van der Waals surface area contributed by atoms with Crippen molar-refractivity contribution in [2.24, 2.45) is 0 Å². The number of methoxy groups -OCH3 is 2. The van der Waals surface area contributed by atoms with Gasteiger partial charge in [-0.1, -0.05) is 11.8 Å². The number of ether oxygens (including phenoxy) is 2. The summed E-state index contributed by atoms with van der Waals surface area (Å²) >= 11 is 1.57. The molecule has 114 valence electrons. The maximum absolute atomic E-state index is 5.18. The molecular formula is C15H16N4O2S. The van der Waals surface area contributed by atoms with Crippen molar-refractivity contribution in [3.63, 3.8) is 0 Å². The minimum atomic E-state index is 0.664. The summed E-state index contributed by atoms with van der Waals surface area (Å²) < 4.78 is 12.0. The fraction of sp³-hybridized carbons (Fsp3) is 0.267. The van der Waals surface area contributed by atoms with Crippen molar-refractivity contribution in [3.05, 3.63) is 36.4 Å². The molecule has 22 heavy (non-hydrogen) atoms. The largest absolute Gasteiger partial charge is 0.497 e. The van der Waals surface area contributed by atoms with Crippen molar-refractivity contribution < 1.29 is 9.47 Å². The summed E-state index contributed by atoms with van der Waals surface area (Å²) in [5.74, 6) is 1.64. The second-order valence-electron chi connectivity index (χ2n) is 4.54. The molecular weight excluding hydrogens is 300 g/mol. The number of thioether (sulfide) groups is 1. The fourth-order valence-corrected chi connectivity index (χ4v) is 2.78. The van der Waals surface area contributed by atoms with Crippen LogP contribution in [0.1, 0.15) is 0 Å². The summed E-state index contributed by atoms with van der Waals surface area (Å²) in [7, 11) is 3.34. The van der Waals surface area contributed by atoms with Gasteiger partial charge in [-0.15, -0.1) is 10.2 Å². The lowest BCUT2D eigenvalue weighted by atomic mass is 10.1. The molecule has 0 saturated carbocycles. The predicted octanol–water partition coefficient (Wildman–Crippen LogP) is 2.54. The van der Waals surface area contributed by atoms with Crippen LogP contribution in [0.15, 0.2) is 41.6 Å².